The van der Waals surface area contributed by atoms with Crippen LogP contribution in [0.3, 0.4) is 0 Å². The second kappa shape index (κ2) is 9.76. The van der Waals surface area contributed by atoms with Crippen LogP contribution in [-0.2, 0) is 18.7 Å². The van der Waals surface area contributed by atoms with Crippen LogP contribution < -0.4 is 0 Å². The van der Waals surface area contributed by atoms with Gasteiger partial charge >= 0.3 is 15.2 Å². The Morgan fingerprint density at radius 3 is 1.48 bits per heavy atom. The molecule has 0 amide bonds. The van der Waals surface area contributed by atoms with Gasteiger partial charge in [0.25, 0.3) is 0 Å². The summed E-state index contributed by atoms with van der Waals surface area (Å²) in [5, 5.41) is 0. The average Bonchev–Trinajstić information content (AvgIpc) is 2.34. The van der Waals surface area contributed by atoms with Crippen LogP contribution in [0.5, 0.6) is 0 Å². The van der Waals surface area contributed by atoms with E-state index in [-0.39, 0.29) is 25.6 Å². The van der Waals surface area contributed by atoms with E-state index in [1.165, 1.54) is 0 Å². The van der Waals surface area contributed by atoms with Gasteiger partial charge < -0.3 is 29.2 Å². The third-order valence-electron chi connectivity index (χ3n) is 3.28. The van der Waals surface area contributed by atoms with Gasteiger partial charge in [-0.3, -0.25) is 18.9 Å². The fourth-order valence-corrected chi connectivity index (χ4v) is 4.08. The van der Waals surface area contributed by atoms with E-state index in [0.29, 0.717) is 12.6 Å². The lowest BCUT2D eigenvalue weighted by molar-refractivity contribution is -0.112. The summed E-state index contributed by atoms with van der Waals surface area (Å²) < 4.78 is 22.3. The van der Waals surface area contributed by atoms with Crippen LogP contribution in [0.25, 0.3) is 0 Å². The molecule has 2 unspecified atom stereocenters. The topological polar surface area (TPSA) is 156 Å². The summed E-state index contributed by atoms with van der Waals surface area (Å²) in [5.41, 5.74) is 0. The molecular formula is C11H24N2O8P2. The number of carbonyl (C=O) groups is 2. The first-order chi connectivity index (χ1) is 10.4. The van der Waals surface area contributed by atoms with Gasteiger partial charge in [0.1, 0.15) is 25.1 Å². The molecular weight excluding hydrogens is 350 g/mol. The fraction of sp³-hybridized carbons (Fsp3) is 0.818. The van der Waals surface area contributed by atoms with Gasteiger partial charge in [0, 0.05) is 12.1 Å². The van der Waals surface area contributed by atoms with Gasteiger partial charge in [-0.1, -0.05) is 0 Å². The maximum atomic E-state index is 11.2. The highest BCUT2D eigenvalue weighted by molar-refractivity contribution is 7.52. The highest BCUT2D eigenvalue weighted by Crippen LogP contribution is 2.42. The zero-order chi connectivity index (χ0) is 18.3. The second-order valence-corrected chi connectivity index (χ2v) is 8.65. The summed E-state index contributed by atoms with van der Waals surface area (Å²) in [6, 6.07) is -0.873. The maximum Gasteiger partial charge on any atom is 0.339 e. The summed E-state index contributed by atoms with van der Waals surface area (Å²) >= 11 is 0. The van der Waals surface area contributed by atoms with Crippen molar-refractivity contribution in [3.8, 4) is 0 Å². The minimum Gasteiger partial charge on any atom is -0.324 e. The Labute approximate surface area is 134 Å². The molecule has 0 spiro atoms. The lowest BCUT2D eigenvalue weighted by atomic mass is 10.1. The zero-order valence-corrected chi connectivity index (χ0v) is 14.8. The summed E-state index contributed by atoms with van der Waals surface area (Å²) in [6.45, 7) is 3.33. The van der Waals surface area contributed by atoms with Crippen LogP contribution in [0.4, 0.5) is 0 Å². The molecule has 0 aromatic rings. The Kier molecular flexibility index (Phi) is 9.57. The molecule has 10 nitrogen and oxygen atoms in total. The van der Waals surface area contributed by atoms with Crippen molar-refractivity contribution in [1.29, 1.82) is 0 Å². The average molecular weight is 374 g/mol. The van der Waals surface area contributed by atoms with Crippen molar-refractivity contribution in [3.05, 3.63) is 0 Å². The molecule has 0 saturated heterocycles. The number of hydrogen-bond acceptors (Lipinski definition) is 6. The highest BCUT2D eigenvalue weighted by atomic mass is 31.2. The van der Waals surface area contributed by atoms with Gasteiger partial charge in [-0.05, 0) is 20.3 Å². The summed E-state index contributed by atoms with van der Waals surface area (Å²) in [5.74, 6) is 0. The number of carbonyl (C=O) groups excluding carboxylic acids is 2. The van der Waals surface area contributed by atoms with Gasteiger partial charge in [-0.15, -0.1) is 0 Å². The Morgan fingerprint density at radius 2 is 1.17 bits per heavy atom. The van der Waals surface area contributed by atoms with E-state index in [2.05, 4.69) is 0 Å². The lowest BCUT2D eigenvalue weighted by Crippen LogP contribution is -2.42. The Hall–Kier alpha value is -0.440. The molecule has 0 aliphatic heterocycles. The molecule has 0 heterocycles. The number of nitrogens with zero attached hydrogens (tertiary/aromatic N) is 2. The first-order valence-electron chi connectivity index (χ1n) is 6.84. The number of rotatable bonds is 12. The molecule has 4 N–H and O–H groups in total. The molecule has 0 aliphatic carbocycles. The van der Waals surface area contributed by atoms with Crippen LogP contribution in [-0.4, -0.2) is 79.7 Å². The predicted molar refractivity (Wildman–Crippen MR) is 82.9 cm³/mol. The first kappa shape index (κ1) is 22.6. The molecule has 12 heteroatoms. The van der Waals surface area contributed by atoms with Crippen molar-refractivity contribution in [3.63, 3.8) is 0 Å². The van der Waals surface area contributed by atoms with Crippen molar-refractivity contribution in [2.45, 2.75) is 32.4 Å². The summed E-state index contributed by atoms with van der Waals surface area (Å²) in [6.07, 6.45) is -0.0379. The fourth-order valence-electron chi connectivity index (χ4n) is 2.21. The standard InChI is InChI=1S/C11H24N2O8P2/c1-10(12(3-5-14)4-6-15)7-11(2)13(8-22(16,17)18)9-23(19,20)21/h5-6,10-11H,3-4,7-9H2,1-2H3,(H2,16,17,18)(H2,19,20,21). The van der Waals surface area contributed by atoms with Gasteiger partial charge in [0.05, 0.1) is 13.1 Å². The molecule has 0 aromatic carbocycles. The zero-order valence-electron chi connectivity index (χ0n) is 13.1. The van der Waals surface area contributed by atoms with Crippen molar-refractivity contribution in [1.82, 2.24) is 9.80 Å². The minimum atomic E-state index is -4.50. The SMILES string of the molecule is CC(CC(C)N(CP(=O)(O)O)CP(=O)(O)O)N(CC=O)CC=O. The quantitative estimate of drug-likeness (QED) is 0.258. The molecule has 0 radical (unpaired) electrons. The molecule has 0 saturated carbocycles. The Morgan fingerprint density at radius 1 is 0.826 bits per heavy atom. The smallest absolute Gasteiger partial charge is 0.324 e. The number of hydrogen-bond donors (Lipinski definition) is 4. The van der Waals surface area contributed by atoms with Crippen molar-refractivity contribution in [2.75, 3.05) is 25.7 Å². The third-order valence-corrected chi connectivity index (χ3v) is 4.74. The van der Waals surface area contributed by atoms with Gasteiger partial charge in [-0.25, -0.2) is 0 Å². The van der Waals surface area contributed by atoms with E-state index in [1.807, 2.05) is 0 Å². The maximum absolute atomic E-state index is 11.2. The lowest BCUT2D eigenvalue weighted by Gasteiger charge is -2.33. The van der Waals surface area contributed by atoms with Crippen molar-refractivity contribution < 1.29 is 38.3 Å². The molecule has 2 atom stereocenters. The van der Waals surface area contributed by atoms with Crippen molar-refractivity contribution >= 4 is 27.8 Å². The monoisotopic (exact) mass is 374 g/mol. The van der Waals surface area contributed by atoms with Crippen LogP contribution in [0, 0.1) is 0 Å². The van der Waals surface area contributed by atoms with Crippen molar-refractivity contribution in [2.24, 2.45) is 0 Å². The summed E-state index contributed by atoms with van der Waals surface area (Å²) in [7, 11) is -9.00. The van der Waals surface area contributed by atoms with Gasteiger partial charge in [0.15, 0.2) is 0 Å². The molecule has 0 bridgehead atoms. The van der Waals surface area contributed by atoms with E-state index < -0.39 is 33.8 Å². The van der Waals surface area contributed by atoms with E-state index in [9.17, 15) is 18.7 Å². The van der Waals surface area contributed by atoms with Gasteiger partial charge in [0.2, 0.25) is 0 Å². The van der Waals surface area contributed by atoms with Crippen LogP contribution >= 0.6 is 15.2 Å². The molecule has 0 rings (SSSR count). The first-order valence-corrected chi connectivity index (χ1v) is 10.4. The van der Waals surface area contributed by atoms with E-state index in [4.69, 9.17) is 19.6 Å². The van der Waals surface area contributed by atoms with E-state index >= 15 is 0 Å². The highest BCUT2D eigenvalue weighted by Gasteiger charge is 2.30. The molecule has 0 aromatic heterocycles. The number of aldehydes is 2. The van der Waals surface area contributed by atoms with Crippen LogP contribution in [0.2, 0.25) is 0 Å². The predicted octanol–water partition coefficient (Wildman–Crippen LogP) is -0.574. The normalized spacial score (nSPS) is 15.7. The second-order valence-electron chi connectivity index (χ2n) is 5.42. The van der Waals surface area contributed by atoms with E-state index in [1.54, 1.807) is 18.7 Å². The third kappa shape index (κ3) is 10.9. The summed E-state index contributed by atoms with van der Waals surface area (Å²) in [4.78, 5) is 60.1. The van der Waals surface area contributed by atoms with Crippen LogP contribution in [0.15, 0.2) is 0 Å². The van der Waals surface area contributed by atoms with E-state index in [0.717, 1.165) is 4.90 Å². The Balaban J connectivity index is 5.02. The molecule has 136 valence electrons. The Bertz CT molecular complexity index is 443. The largest absolute Gasteiger partial charge is 0.339 e. The minimum absolute atomic E-state index is 0.0175. The molecule has 0 aliphatic rings. The van der Waals surface area contributed by atoms with Gasteiger partial charge in [-0.2, -0.15) is 0 Å². The van der Waals surface area contributed by atoms with Crippen LogP contribution in [0.1, 0.15) is 20.3 Å². The molecule has 23 heavy (non-hydrogen) atoms. The molecule has 0 fully saturated rings.